The van der Waals surface area contributed by atoms with E-state index in [0.29, 0.717) is 21.6 Å². The topological polar surface area (TPSA) is 29.1 Å². The second kappa shape index (κ2) is 4.80. The minimum absolute atomic E-state index is 0.0978. The molecule has 1 N–H and O–H groups in total. The molecular weight excluding hydrogens is 265 g/mol. The molecule has 0 saturated carbocycles. The molecule has 0 heterocycles. The van der Waals surface area contributed by atoms with Gasteiger partial charge in [0.25, 0.3) is 5.91 Å². The molecule has 1 aromatic rings. The standard InChI is InChI=1S/C10H11BrClNO/c1-3-13-10(14)8-6(2)4-5-7(12)9(8)11/h4-5H,3H2,1-2H3,(H,13,14). The Bertz CT molecular complexity index is 365. The van der Waals surface area contributed by atoms with E-state index in [-0.39, 0.29) is 5.91 Å². The van der Waals surface area contributed by atoms with E-state index in [2.05, 4.69) is 21.2 Å². The summed E-state index contributed by atoms with van der Waals surface area (Å²) in [6.07, 6.45) is 0. The first-order valence-electron chi connectivity index (χ1n) is 4.30. The molecule has 14 heavy (non-hydrogen) atoms. The van der Waals surface area contributed by atoms with Gasteiger partial charge in [0.05, 0.1) is 10.6 Å². The number of hydrogen-bond donors (Lipinski definition) is 1. The lowest BCUT2D eigenvalue weighted by Crippen LogP contribution is -2.24. The molecule has 0 atom stereocenters. The first kappa shape index (κ1) is 11.5. The Morgan fingerprint density at radius 1 is 1.57 bits per heavy atom. The maximum absolute atomic E-state index is 11.6. The molecule has 0 aliphatic heterocycles. The van der Waals surface area contributed by atoms with Gasteiger partial charge in [-0.3, -0.25) is 4.79 Å². The number of carbonyl (C=O) groups excluding carboxylic acids is 1. The number of nitrogens with one attached hydrogen (secondary N) is 1. The minimum Gasteiger partial charge on any atom is -0.352 e. The van der Waals surface area contributed by atoms with E-state index in [9.17, 15) is 4.79 Å². The largest absolute Gasteiger partial charge is 0.352 e. The van der Waals surface area contributed by atoms with Gasteiger partial charge in [0.15, 0.2) is 0 Å². The zero-order chi connectivity index (χ0) is 10.7. The second-order valence-electron chi connectivity index (χ2n) is 2.91. The summed E-state index contributed by atoms with van der Waals surface area (Å²) in [4.78, 5) is 11.6. The van der Waals surface area contributed by atoms with Gasteiger partial charge in [-0.15, -0.1) is 0 Å². The molecule has 0 unspecified atom stereocenters. The highest BCUT2D eigenvalue weighted by Crippen LogP contribution is 2.28. The van der Waals surface area contributed by atoms with Crippen molar-refractivity contribution in [2.24, 2.45) is 0 Å². The summed E-state index contributed by atoms with van der Waals surface area (Å²) < 4.78 is 0.658. The summed E-state index contributed by atoms with van der Waals surface area (Å²) in [5.41, 5.74) is 1.52. The van der Waals surface area contributed by atoms with E-state index in [4.69, 9.17) is 11.6 Å². The van der Waals surface area contributed by atoms with E-state index >= 15 is 0 Å². The van der Waals surface area contributed by atoms with Gasteiger partial charge in [0.1, 0.15) is 0 Å². The lowest BCUT2D eigenvalue weighted by Gasteiger charge is -2.09. The van der Waals surface area contributed by atoms with Crippen molar-refractivity contribution < 1.29 is 4.79 Å². The number of aryl methyl sites for hydroxylation is 1. The summed E-state index contributed by atoms with van der Waals surface area (Å²) in [7, 11) is 0. The van der Waals surface area contributed by atoms with Crippen molar-refractivity contribution in [1.82, 2.24) is 5.32 Å². The van der Waals surface area contributed by atoms with Gasteiger partial charge in [0.2, 0.25) is 0 Å². The van der Waals surface area contributed by atoms with E-state index < -0.39 is 0 Å². The van der Waals surface area contributed by atoms with Crippen molar-refractivity contribution in [1.29, 1.82) is 0 Å². The predicted octanol–water partition coefficient (Wildman–Crippen LogP) is 3.16. The molecule has 0 aliphatic carbocycles. The summed E-state index contributed by atoms with van der Waals surface area (Å²) >= 11 is 9.21. The number of hydrogen-bond acceptors (Lipinski definition) is 1. The van der Waals surface area contributed by atoms with Crippen LogP contribution in [0.4, 0.5) is 0 Å². The molecule has 2 nitrogen and oxygen atoms in total. The Labute approximate surface area is 96.8 Å². The lowest BCUT2D eigenvalue weighted by atomic mass is 10.1. The fourth-order valence-electron chi connectivity index (χ4n) is 1.17. The van der Waals surface area contributed by atoms with Crippen LogP contribution in [0.15, 0.2) is 16.6 Å². The zero-order valence-corrected chi connectivity index (χ0v) is 10.4. The Morgan fingerprint density at radius 2 is 2.21 bits per heavy atom. The van der Waals surface area contributed by atoms with Crippen LogP contribution in [0.25, 0.3) is 0 Å². The predicted molar refractivity (Wildman–Crippen MR) is 61.9 cm³/mol. The molecule has 0 radical (unpaired) electrons. The average molecular weight is 277 g/mol. The van der Waals surface area contributed by atoms with Crippen LogP contribution in [0.3, 0.4) is 0 Å². The average Bonchev–Trinajstić information content (AvgIpc) is 2.13. The number of rotatable bonds is 2. The van der Waals surface area contributed by atoms with Gasteiger partial charge in [0, 0.05) is 11.0 Å². The maximum Gasteiger partial charge on any atom is 0.252 e. The van der Waals surface area contributed by atoms with Crippen molar-refractivity contribution in [3.05, 3.63) is 32.8 Å². The van der Waals surface area contributed by atoms with Gasteiger partial charge < -0.3 is 5.32 Å². The van der Waals surface area contributed by atoms with Crippen LogP contribution in [-0.4, -0.2) is 12.5 Å². The molecule has 0 aromatic heterocycles. The molecule has 0 aliphatic rings. The monoisotopic (exact) mass is 275 g/mol. The second-order valence-corrected chi connectivity index (χ2v) is 4.11. The fraction of sp³-hybridized carbons (Fsp3) is 0.300. The van der Waals surface area contributed by atoms with Crippen LogP contribution in [-0.2, 0) is 0 Å². The molecule has 0 fully saturated rings. The highest BCUT2D eigenvalue weighted by atomic mass is 79.9. The van der Waals surface area contributed by atoms with Crippen LogP contribution >= 0.6 is 27.5 Å². The third-order valence-corrected chi connectivity index (χ3v) is 3.23. The highest BCUT2D eigenvalue weighted by molar-refractivity contribution is 9.10. The van der Waals surface area contributed by atoms with Crippen molar-refractivity contribution in [3.63, 3.8) is 0 Å². The summed E-state index contributed by atoms with van der Waals surface area (Å²) in [5.74, 6) is -0.0978. The van der Waals surface area contributed by atoms with Crippen LogP contribution in [0.5, 0.6) is 0 Å². The van der Waals surface area contributed by atoms with Gasteiger partial charge in [-0.2, -0.15) is 0 Å². The Balaban J connectivity index is 3.18. The van der Waals surface area contributed by atoms with Gasteiger partial charge in [-0.25, -0.2) is 0 Å². The SMILES string of the molecule is CCNC(=O)c1c(C)ccc(Cl)c1Br. The molecular formula is C10H11BrClNO. The summed E-state index contributed by atoms with van der Waals surface area (Å²) in [6, 6.07) is 3.60. The van der Waals surface area contributed by atoms with Crippen LogP contribution in [0.1, 0.15) is 22.8 Å². The number of amides is 1. The van der Waals surface area contributed by atoms with Crippen molar-refractivity contribution in [3.8, 4) is 0 Å². The summed E-state index contributed by atoms with van der Waals surface area (Å²) in [5, 5.41) is 3.30. The Morgan fingerprint density at radius 3 is 2.79 bits per heavy atom. The molecule has 1 rings (SSSR count). The van der Waals surface area contributed by atoms with E-state index in [0.717, 1.165) is 5.56 Å². The van der Waals surface area contributed by atoms with Gasteiger partial charge in [-0.1, -0.05) is 17.7 Å². The molecule has 4 heteroatoms. The van der Waals surface area contributed by atoms with Crippen LogP contribution in [0, 0.1) is 6.92 Å². The van der Waals surface area contributed by atoms with Gasteiger partial charge >= 0.3 is 0 Å². The first-order chi connectivity index (χ1) is 6.57. The van der Waals surface area contributed by atoms with Crippen molar-refractivity contribution >= 4 is 33.4 Å². The third-order valence-electron chi connectivity index (χ3n) is 1.87. The quantitative estimate of drug-likeness (QED) is 0.883. The summed E-state index contributed by atoms with van der Waals surface area (Å²) in [6.45, 7) is 4.37. The Hall–Kier alpha value is -0.540. The highest BCUT2D eigenvalue weighted by Gasteiger charge is 2.14. The smallest absolute Gasteiger partial charge is 0.252 e. The zero-order valence-electron chi connectivity index (χ0n) is 8.03. The van der Waals surface area contributed by atoms with Crippen LogP contribution < -0.4 is 5.32 Å². The number of carbonyl (C=O) groups is 1. The van der Waals surface area contributed by atoms with Crippen LogP contribution in [0.2, 0.25) is 5.02 Å². The third kappa shape index (κ3) is 2.28. The lowest BCUT2D eigenvalue weighted by molar-refractivity contribution is 0.0954. The minimum atomic E-state index is -0.0978. The molecule has 1 aromatic carbocycles. The van der Waals surface area contributed by atoms with Crippen molar-refractivity contribution in [2.75, 3.05) is 6.54 Å². The maximum atomic E-state index is 11.6. The Kier molecular flexibility index (Phi) is 3.96. The molecule has 76 valence electrons. The molecule has 0 spiro atoms. The van der Waals surface area contributed by atoms with E-state index in [1.165, 1.54) is 0 Å². The fourth-order valence-corrected chi connectivity index (χ4v) is 1.96. The first-order valence-corrected chi connectivity index (χ1v) is 5.47. The molecule has 0 saturated heterocycles. The van der Waals surface area contributed by atoms with Crippen molar-refractivity contribution in [2.45, 2.75) is 13.8 Å². The normalized spacial score (nSPS) is 10.0. The number of halogens is 2. The molecule has 0 bridgehead atoms. The van der Waals surface area contributed by atoms with Gasteiger partial charge in [-0.05, 0) is 41.4 Å². The van der Waals surface area contributed by atoms with E-state index in [1.54, 1.807) is 6.07 Å². The number of benzene rings is 1. The molecule has 1 amide bonds. The van der Waals surface area contributed by atoms with E-state index in [1.807, 2.05) is 19.9 Å².